The molecule has 0 heterocycles. The van der Waals surface area contributed by atoms with Gasteiger partial charge in [-0.25, -0.2) is 9.18 Å². The summed E-state index contributed by atoms with van der Waals surface area (Å²) in [5.41, 5.74) is 0.163. The molecule has 0 bridgehead atoms. The van der Waals surface area contributed by atoms with Crippen LogP contribution in [0, 0.1) is 5.82 Å². The van der Waals surface area contributed by atoms with Gasteiger partial charge in [0, 0.05) is 12.0 Å². The molecule has 0 aromatic heterocycles. The van der Waals surface area contributed by atoms with Crippen LogP contribution in [0.4, 0.5) is 4.39 Å². The molecule has 5 heteroatoms. The Bertz CT molecular complexity index is 443. The molecule has 0 aliphatic rings. The summed E-state index contributed by atoms with van der Waals surface area (Å²) in [6.07, 6.45) is 0. The van der Waals surface area contributed by atoms with Gasteiger partial charge in [0.25, 0.3) is 0 Å². The highest BCUT2D eigenvalue weighted by Gasteiger charge is 2.23. The van der Waals surface area contributed by atoms with Gasteiger partial charge in [0.05, 0.1) is 0 Å². The highest BCUT2D eigenvalue weighted by molar-refractivity contribution is 6.31. The minimum atomic E-state index is -1.53. The Balaban J connectivity index is 2.75. The number of hydrogen-bond acceptors (Lipinski definition) is 2. The summed E-state index contributed by atoms with van der Waals surface area (Å²) in [5, 5.41) is 10.7. The summed E-state index contributed by atoms with van der Waals surface area (Å²) in [6.45, 7) is 3.72. The summed E-state index contributed by atoms with van der Waals surface area (Å²) in [7, 11) is 0. The van der Waals surface area contributed by atoms with Crippen LogP contribution in [0.5, 0.6) is 0 Å². The van der Waals surface area contributed by atoms with Crippen molar-refractivity contribution in [2.45, 2.75) is 19.3 Å². The molecule has 0 aliphatic heterocycles. The zero-order chi connectivity index (χ0) is 13.1. The maximum atomic E-state index is 13.0. The van der Waals surface area contributed by atoms with Gasteiger partial charge in [-0.1, -0.05) is 26.0 Å². The van der Waals surface area contributed by atoms with Crippen molar-refractivity contribution in [2.75, 3.05) is 6.54 Å². The van der Waals surface area contributed by atoms with Crippen LogP contribution in [0.2, 0.25) is 0 Å². The number of carboxylic acids is 1. The van der Waals surface area contributed by atoms with E-state index in [9.17, 15) is 14.0 Å². The summed E-state index contributed by atoms with van der Waals surface area (Å²) < 4.78 is 13.0. The van der Waals surface area contributed by atoms with E-state index in [-0.39, 0.29) is 12.4 Å². The number of rotatable bonds is 3. The molecule has 2 N–H and O–H groups in total. The van der Waals surface area contributed by atoms with Crippen molar-refractivity contribution >= 4 is 11.9 Å². The maximum Gasteiger partial charge on any atom is 0.394 e. The van der Waals surface area contributed by atoms with Gasteiger partial charge in [0.15, 0.2) is 0 Å². The first-order valence-electron chi connectivity index (χ1n) is 5.10. The third kappa shape index (κ3) is 3.55. The standard InChI is InChI=1S/C12H14FNO3/c1-12(2,7-14-10(15)11(16)17)8-4-3-5-9(13)6-8/h3-6H,7H2,1-2H3,(H,14,15)(H,16,17). The van der Waals surface area contributed by atoms with Crippen molar-refractivity contribution < 1.29 is 19.1 Å². The van der Waals surface area contributed by atoms with E-state index in [2.05, 4.69) is 5.32 Å². The van der Waals surface area contributed by atoms with E-state index in [0.717, 1.165) is 0 Å². The molecule has 17 heavy (non-hydrogen) atoms. The van der Waals surface area contributed by atoms with Crippen molar-refractivity contribution in [1.29, 1.82) is 0 Å². The Kier molecular flexibility index (Phi) is 3.83. The van der Waals surface area contributed by atoms with E-state index in [1.807, 2.05) is 0 Å². The summed E-state index contributed by atoms with van der Waals surface area (Å²) >= 11 is 0. The molecule has 0 fully saturated rings. The van der Waals surface area contributed by atoms with Crippen LogP contribution in [0.15, 0.2) is 24.3 Å². The maximum absolute atomic E-state index is 13.0. The summed E-state index contributed by atoms with van der Waals surface area (Å²) in [4.78, 5) is 21.2. The quantitative estimate of drug-likeness (QED) is 0.781. The van der Waals surface area contributed by atoms with Crippen LogP contribution >= 0.6 is 0 Å². The lowest BCUT2D eigenvalue weighted by Crippen LogP contribution is -2.39. The molecule has 0 unspecified atom stereocenters. The van der Waals surface area contributed by atoms with Gasteiger partial charge >= 0.3 is 11.9 Å². The van der Waals surface area contributed by atoms with Gasteiger partial charge in [-0.05, 0) is 17.7 Å². The second-order valence-corrected chi connectivity index (χ2v) is 4.38. The Labute approximate surface area is 98.5 Å². The second kappa shape index (κ2) is 4.95. The normalized spacial score (nSPS) is 11.0. The van der Waals surface area contributed by atoms with E-state index >= 15 is 0 Å². The van der Waals surface area contributed by atoms with Crippen molar-refractivity contribution in [3.63, 3.8) is 0 Å². The Hall–Kier alpha value is -1.91. The Morgan fingerprint density at radius 1 is 1.41 bits per heavy atom. The first-order valence-corrected chi connectivity index (χ1v) is 5.10. The molecule has 1 rings (SSSR count). The summed E-state index contributed by atoms with van der Waals surface area (Å²) in [6, 6.07) is 6.00. The van der Waals surface area contributed by atoms with Crippen LogP contribution in [-0.2, 0) is 15.0 Å². The molecule has 0 spiro atoms. The number of carbonyl (C=O) groups excluding carboxylic acids is 1. The lowest BCUT2D eigenvalue weighted by Gasteiger charge is -2.25. The highest BCUT2D eigenvalue weighted by Crippen LogP contribution is 2.22. The SMILES string of the molecule is CC(C)(CNC(=O)C(=O)O)c1cccc(F)c1. The van der Waals surface area contributed by atoms with E-state index < -0.39 is 17.3 Å². The van der Waals surface area contributed by atoms with Crippen LogP contribution in [-0.4, -0.2) is 23.5 Å². The van der Waals surface area contributed by atoms with Crippen LogP contribution in [0.25, 0.3) is 0 Å². The van der Waals surface area contributed by atoms with E-state index in [0.29, 0.717) is 5.56 Å². The monoisotopic (exact) mass is 239 g/mol. The number of carbonyl (C=O) groups is 2. The average molecular weight is 239 g/mol. The molecular weight excluding hydrogens is 225 g/mol. The Morgan fingerprint density at radius 2 is 2.06 bits per heavy atom. The molecule has 0 saturated carbocycles. The zero-order valence-corrected chi connectivity index (χ0v) is 9.66. The van der Waals surface area contributed by atoms with Gasteiger partial charge in [-0.2, -0.15) is 0 Å². The molecular formula is C12H14FNO3. The van der Waals surface area contributed by atoms with Crippen molar-refractivity contribution in [2.24, 2.45) is 0 Å². The summed E-state index contributed by atoms with van der Waals surface area (Å²) in [5.74, 6) is -2.95. The minimum Gasteiger partial charge on any atom is -0.474 e. The zero-order valence-electron chi connectivity index (χ0n) is 9.66. The van der Waals surface area contributed by atoms with Crippen molar-refractivity contribution in [1.82, 2.24) is 5.32 Å². The van der Waals surface area contributed by atoms with Gasteiger partial charge in [-0.3, -0.25) is 4.79 Å². The third-order valence-electron chi connectivity index (χ3n) is 2.49. The van der Waals surface area contributed by atoms with Gasteiger partial charge in [0.1, 0.15) is 5.82 Å². The smallest absolute Gasteiger partial charge is 0.394 e. The average Bonchev–Trinajstić information content (AvgIpc) is 2.26. The van der Waals surface area contributed by atoms with Crippen LogP contribution in [0.3, 0.4) is 0 Å². The predicted molar refractivity (Wildman–Crippen MR) is 60.1 cm³/mol. The van der Waals surface area contributed by atoms with Crippen LogP contribution in [0.1, 0.15) is 19.4 Å². The molecule has 0 atom stereocenters. The van der Waals surface area contributed by atoms with Crippen molar-refractivity contribution in [3.8, 4) is 0 Å². The lowest BCUT2D eigenvalue weighted by molar-refractivity contribution is -0.150. The van der Waals surface area contributed by atoms with E-state index in [1.165, 1.54) is 12.1 Å². The van der Waals surface area contributed by atoms with E-state index in [4.69, 9.17) is 5.11 Å². The minimum absolute atomic E-state index is 0.127. The van der Waals surface area contributed by atoms with Gasteiger partial charge in [-0.15, -0.1) is 0 Å². The number of carboxylic acid groups (broad SMARTS) is 1. The number of benzene rings is 1. The number of halogens is 1. The third-order valence-corrected chi connectivity index (χ3v) is 2.49. The number of amides is 1. The molecule has 1 aromatic carbocycles. The van der Waals surface area contributed by atoms with E-state index in [1.54, 1.807) is 26.0 Å². The predicted octanol–water partition coefficient (Wildman–Crippen LogP) is 1.30. The van der Waals surface area contributed by atoms with Crippen molar-refractivity contribution in [3.05, 3.63) is 35.6 Å². The topological polar surface area (TPSA) is 66.4 Å². The molecule has 0 saturated heterocycles. The first kappa shape index (κ1) is 13.2. The molecule has 1 aromatic rings. The molecule has 92 valence electrons. The molecule has 0 radical (unpaired) electrons. The molecule has 4 nitrogen and oxygen atoms in total. The fourth-order valence-electron chi connectivity index (χ4n) is 1.39. The van der Waals surface area contributed by atoms with Gasteiger partial charge < -0.3 is 10.4 Å². The number of nitrogens with one attached hydrogen (secondary N) is 1. The lowest BCUT2D eigenvalue weighted by atomic mass is 9.84. The Morgan fingerprint density at radius 3 is 2.59 bits per heavy atom. The molecule has 0 aliphatic carbocycles. The highest BCUT2D eigenvalue weighted by atomic mass is 19.1. The fraction of sp³-hybridized carbons (Fsp3) is 0.333. The second-order valence-electron chi connectivity index (χ2n) is 4.38. The first-order chi connectivity index (χ1) is 7.83. The largest absolute Gasteiger partial charge is 0.474 e. The van der Waals surface area contributed by atoms with Crippen LogP contribution < -0.4 is 5.32 Å². The fourth-order valence-corrected chi connectivity index (χ4v) is 1.39. The number of hydrogen-bond donors (Lipinski definition) is 2. The number of aliphatic carboxylic acids is 1. The van der Waals surface area contributed by atoms with Gasteiger partial charge in [0.2, 0.25) is 0 Å². The molecule has 1 amide bonds.